The summed E-state index contributed by atoms with van der Waals surface area (Å²) in [5, 5.41) is 9.81. The van der Waals surface area contributed by atoms with E-state index in [0.29, 0.717) is 36.2 Å². The molecule has 0 unspecified atom stereocenters. The summed E-state index contributed by atoms with van der Waals surface area (Å²) in [7, 11) is -3.37. The smallest absolute Gasteiger partial charge is 0.271 e. The van der Waals surface area contributed by atoms with E-state index in [-0.39, 0.29) is 16.4 Å². The number of rotatable bonds is 8. The maximum absolute atomic E-state index is 12.0. The molecule has 1 saturated heterocycles. The molecule has 1 aliphatic heterocycles. The Morgan fingerprint density at radius 3 is 2.70 bits per heavy atom. The van der Waals surface area contributed by atoms with Crippen molar-refractivity contribution in [1.82, 2.24) is 15.3 Å². The summed E-state index contributed by atoms with van der Waals surface area (Å²) in [6.07, 6.45) is 5.18. The second kappa shape index (κ2) is 9.40. The molecule has 2 heterocycles. The topological polar surface area (TPSA) is 139 Å². The molecule has 10 heteroatoms. The highest BCUT2D eigenvalue weighted by atomic mass is 32.2. The molecule has 1 atom stereocenters. The summed E-state index contributed by atoms with van der Waals surface area (Å²) in [6, 6.07) is 6.64. The fourth-order valence-electron chi connectivity index (χ4n) is 3.38. The Kier molecular flexibility index (Phi) is 6.88. The number of piperidine rings is 1. The molecule has 30 heavy (non-hydrogen) atoms. The van der Waals surface area contributed by atoms with Crippen molar-refractivity contribution in [1.29, 1.82) is 0 Å². The molecule has 1 amide bonds. The van der Waals surface area contributed by atoms with E-state index in [9.17, 15) is 13.2 Å². The van der Waals surface area contributed by atoms with E-state index < -0.39 is 15.7 Å². The van der Waals surface area contributed by atoms with Crippen LogP contribution in [0.25, 0.3) is 0 Å². The molecule has 1 aliphatic rings. The number of carbonyl (C=O) groups excluding carboxylic acids is 1. The highest BCUT2D eigenvalue weighted by Crippen LogP contribution is 2.24. The summed E-state index contributed by atoms with van der Waals surface area (Å²) >= 11 is 0. The molecule has 0 bridgehead atoms. The lowest BCUT2D eigenvalue weighted by Crippen LogP contribution is -2.39. The zero-order valence-electron chi connectivity index (χ0n) is 17.2. The molecule has 1 aromatic carbocycles. The van der Waals surface area contributed by atoms with E-state index in [4.69, 9.17) is 5.73 Å². The lowest BCUT2D eigenvalue weighted by Gasteiger charge is -2.24. The van der Waals surface area contributed by atoms with Crippen LogP contribution in [0.4, 0.5) is 17.3 Å². The number of benzene rings is 1. The molecule has 162 valence electrons. The number of anilines is 3. The SMILES string of the molecule is CCc1nc(C(N)=O)c(Nc2cccc(S(C)(=O)=O)c2)nc1NC[C@H]1CCCCN1. The maximum Gasteiger partial charge on any atom is 0.271 e. The minimum Gasteiger partial charge on any atom is -0.367 e. The van der Waals surface area contributed by atoms with Crippen LogP contribution < -0.4 is 21.7 Å². The minimum atomic E-state index is -3.37. The van der Waals surface area contributed by atoms with Gasteiger partial charge in [0, 0.05) is 24.5 Å². The minimum absolute atomic E-state index is 0.0120. The highest BCUT2D eigenvalue weighted by Gasteiger charge is 2.19. The van der Waals surface area contributed by atoms with Crippen molar-refractivity contribution in [2.24, 2.45) is 5.73 Å². The Bertz CT molecular complexity index is 1020. The van der Waals surface area contributed by atoms with Gasteiger partial charge in [0.15, 0.2) is 21.3 Å². The van der Waals surface area contributed by atoms with Gasteiger partial charge in [-0.1, -0.05) is 19.4 Å². The van der Waals surface area contributed by atoms with Gasteiger partial charge < -0.3 is 21.7 Å². The first-order valence-electron chi connectivity index (χ1n) is 10.0. The number of aromatic nitrogens is 2. The Balaban J connectivity index is 1.91. The number of aryl methyl sites for hydroxylation is 1. The number of amides is 1. The Hall–Kier alpha value is -2.72. The van der Waals surface area contributed by atoms with Crippen molar-refractivity contribution in [3.8, 4) is 0 Å². The van der Waals surface area contributed by atoms with E-state index in [1.54, 1.807) is 12.1 Å². The van der Waals surface area contributed by atoms with Gasteiger partial charge in [0.05, 0.1) is 10.6 Å². The van der Waals surface area contributed by atoms with Crippen molar-refractivity contribution >= 4 is 33.1 Å². The van der Waals surface area contributed by atoms with Crippen LogP contribution in [-0.2, 0) is 16.3 Å². The molecule has 1 fully saturated rings. The molecule has 0 spiro atoms. The predicted molar refractivity (Wildman–Crippen MR) is 117 cm³/mol. The zero-order chi connectivity index (χ0) is 21.7. The quantitative estimate of drug-likeness (QED) is 0.495. The number of sulfone groups is 1. The summed E-state index contributed by atoms with van der Waals surface area (Å²) in [4.78, 5) is 21.1. The van der Waals surface area contributed by atoms with Gasteiger partial charge in [-0.2, -0.15) is 0 Å². The number of nitrogens with two attached hydrogens (primary N) is 1. The maximum atomic E-state index is 12.0. The van der Waals surface area contributed by atoms with Crippen molar-refractivity contribution in [3.05, 3.63) is 35.7 Å². The summed E-state index contributed by atoms with van der Waals surface area (Å²) < 4.78 is 23.7. The number of hydrogen-bond acceptors (Lipinski definition) is 8. The second-order valence-electron chi connectivity index (χ2n) is 7.39. The van der Waals surface area contributed by atoms with Gasteiger partial charge in [-0.15, -0.1) is 0 Å². The van der Waals surface area contributed by atoms with Gasteiger partial charge in [-0.3, -0.25) is 4.79 Å². The molecule has 0 aliphatic carbocycles. The number of primary amides is 1. The molecule has 1 aromatic heterocycles. The van der Waals surface area contributed by atoms with Crippen molar-refractivity contribution in [2.75, 3.05) is 30.0 Å². The molecule has 9 nitrogen and oxygen atoms in total. The zero-order valence-corrected chi connectivity index (χ0v) is 18.1. The van der Waals surface area contributed by atoms with Gasteiger partial charge in [0.25, 0.3) is 5.91 Å². The third-order valence-corrected chi connectivity index (χ3v) is 6.10. The van der Waals surface area contributed by atoms with Crippen LogP contribution in [0.1, 0.15) is 42.4 Å². The first-order valence-corrected chi connectivity index (χ1v) is 11.9. The average molecular weight is 433 g/mol. The number of hydrogen-bond donors (Lipinski definition) is 4. The third kappa shape index (κ3) is 5.45. The van der Waals surface area contributed by atoms with Crippen LogP contribution >= 0.6 is 0 Å². The van der Waals surface area contributed by atoms with Gasteiger partial charge in [0.2, 0.25) is 0 Å². The molecule has 2 aromatic rings. The first kappa shape index (κ1) is 22.0. The van der Waals surface area contributed by atoms with Crippen molar-refractivity contribution < 1.29 is 13.2 Å². The van der Waals surface area contributed by atoms with Gasteiger partial charge in [-0.25, -0.2) is 18.4 Å². The molecule has 0 saturated carbocycles. The Morgan fingerprint density at radius 1 is 1.27 bits per heavy atom. The fraction of sp³-hybridized carbons (Fsp3) is 0.450. The molecule has 5 N–H and O–H groups in total. The summed E-state index contributed by atoms with van der Waals surface area (Å²) in [5.41, 5.74) is 6.66. The second-order valence-corrected chi connectivity index (χ2v) is 9.40. The van der Waals surface area contributed by atoms with E-state index in [2.05, 4.69) is 25.9 Å². The van der Waals surface area contributed by atoms with Crippen LogP contribution in [0.15, 0.2) is 29.2 Å². The number of carbonyl (C=O) groups is 1. The van der Waals surface area contributed by atoms with Crippen LogP contribution in [0.2, 0.25) is 0 Å². The largest absolute Gasteiger partial charge is 0.367 e. The number of nitrogens with zero attached hydrogens (tertiary/aromatic N) is 2. The van der Waals surface area contributed by atoms with E-state index in [1.165, 1.54) is 25.0 Å². The van der Waals surface area contributed by atoms with E-state index >= 15 is 0 Å². The monoisotopic (exact) mass is 432 g/mol. The summed E-state index contributed by atoms with van der Waals surface area (Å²) in [5.74, 6) is 0.0561. The van der Waals surface area contributed by atoms with Crippen LogP contribution in [-0.4, -0.2) is 49.7 Å². The van der Waals surface area contributed by atoms with Crippen LogP contribution in [0.3, 0.4) is 0 Å². The summed E-state index contributed by atoms with van der Waals surface area (Å²) in [6.45, 7) is 3.63. The van der Waals surface area contributed by atoms with Crippen LogP contribution in [0, 0.1) is 0 Å². The van der Waals surface area contributed by atoms with Gasteiger partial charge in [-0.05, 0) is 44.0 Å². The Labute approximate surface area is 176 Å². The Morgan fingerprint density at radius 2 is 2.07 bits per heavy atom. The average Bonchev–Trinajstić information content (AvgIpc) is 2.72. The lowest BCUT2D eigenvalue weighted by molar-refractivity contribution is 0.0996. The van der Waals surface area contributed by atoms with Gasteiger partial charge >= 0.3 is 0 Å². The van der Waals surface area contributed by atoms with Gasteiger partial charge in [0.1, 0.15) is 5.82 Å². The van der Waals surface area contributed by atoms with E-state index in [0.717, 1.165) is 19.2 Å². The van der Waals surface area contributed by atoms with Crippen LogP contribution in [0.5, 0.6) is 0 Å². The predicted octanol–water partition coefficient (Wildman–Crippen LogP) is 1.84. The third-order valence-electron chi connectivity index (χ3n) is 4.99. The molecule has 3 rings (SSSR count). The standard InChI is InChI=1S/C20H28N6O3S/c1-3-16-19(23-12-14-7-4-5-10-22-14)26-20(17(25-16)18(21)27)24-13-8-6-9-15(11-13)30(2,28)29/h6,8-9,11,14,22H,3-5,7,10,12H2,1-2H3,(H2,21,27)(H2,23,24,26)/t14-/m1/s1. The molecular weight excluding hydrogens is 404 g/mol. The number of nitrogens with one attached hydrogen (secondary N) is 3. The first-order chi connectivity index (χ1) is 14.3. The lowest BCUT2D eigenvalue weighted by atomic mass is 10.1. The van der Waals surface area contributed by atoms with E-state index in [1.807, 2.05) is 6.92 Å². The molecular formula is C20H28N6O3S. The van der Waals surface area contributed by atoms with Crippen molar-refractivity contribution in [3.63, 3.8) is 0 Å². The molecule has 0 radical (unpaired) electrons. The normalized spacial score (nSPS) is 16.8. The highest BCUT2D eigenvalue weighted by molar-refractivity contribution is 7.90. The van der Waals surface area contributed by atoms with Crippen molar-refractivity contribution in [2.45, 2.75) is 43.5 Å². The fourth-order valence-corrected chi connectivity index (χ4v) is 4.04.